The van der Waals surface area contributed by atoms with Crippen molar-refractivity contribution in [1.29, 1.82) is 0 Å². The summed E-state index contributed by atoms with van der Waals surface area (Å²) < 4.78 is 12.9. The molecule has 0 spiro atoms. The molecular formula is C8H7FN2. The van der Waals surface area contributed by atoms with Gasteiger partial charge in [-0.05, 0) is 13.0 Å². The van der Waals surface area contributed by atoms with E-state index >= 15 is 0 Å². The van der Waals surface area contributed by atoms with Gasteiger partial charge in [0.1, 0.15) is 0 Å². The lowest BCUT2D eigenvalue weighted by molar-refractivity contribution is 0.630. The van der Waals surface area contributed by atoms with E-state index in [-0.39, 0.29) is 5.82 Å². The summed E-state index contributed by atoms with van der Waals surface area (Å²) in [4.78, 5) is 6.70. The highest BCUT2D eigenvalue weighted by Crippen LogP contribution is 2.16. The largest absolute Gasteiger partial charge is 0.359 e. The minimum absolute atomic E-state index is 0.296. The van der Waals surface area contributed by atoms with E-state index < -0.39 is 0 Å². The summed E-state index contributed by atoms with van der Waals surface area (Å²) in [5.41, 5.74) is 1.39. The Kier molecular flexibility index (Phi) is 1.18. The highest BCUT2D eigenvalue weighted by molar-refractivity contribution is 5.81. The van der Waals surface area contributed by atoms with Crippen LogP contribution in [0.5, 0.6) is 0 Å². The molecule has 0 amide bonds. The number of H-pyrrole nitrogens is 1. The van der Waals surface area contributed by atoms with E-state index in [1.807, 2.05) is 13.0 Å². The van der Waals surface area contributed by atoms with Gasteiger partial charge in [0.05, 0.1) is 11.7 Å². The van der Waals surface area contributed by atoms with E-state index in [0.29, 0.717) is 5.52 Å². The number of aromatic amines is 1. The third-order valence-corrected chi connectivity index (χ3v) is 1.75. The van der Waals surface area contributed by atoms with Gasteiger partial charge in [-0.25, -0.2) is 4.39 Å². The van der Waals surface area contributed by atoms with Crippen LogP contribution in [0.4, 0.5) is 4.39 Å². The number of aromatic nitrogens is 2. The van der Waals surface area contributed by atoms with Crippen molar-refractivity contribution in [3.63, 3.8) is 0 Å². The number of rotatable bonds is 0. The number of nitrogens with one attached hydrogen (secondary N) is 1. The van der Waals surface area contributed by atoms with Gasteiger partial charge in [-0.3, -0.25) is 4.98 Å². The highest BCUT2D eigenvalue weighted by atomic mass is 19.1. The van der Waals surface area contributed by atoms with Crippen LogP contribution < -0.4 is 0 Å². The molecule has 0 aromatic carbocycles. The Hall–Kier alpha value is -1.38. The molecule has 2 aromatic heterocycles. The number of pyridine rings is 1. The topological polar surface area (TPSA) is 28.7 Å². The molecule has 0 bridgehead atoms. The predicted molar refractivity (Wildman–Crippen MR) is 40.8 cm³/mol. The minimum atomic E-state index is -0.296. The molecule has 56 valence electrons. The average molecular weight is 150 g/mol. The second-order valence-corrected chi connectivity index (χ2v) is 2.46. The maximum absolute atomic E-state index is 12.9. The Balaban J connectivity index is 2.96. The molecule has 0 radical (unpaired) electrons. The zero-order valence-corrected chi connectivity index (χ0v) is 6.06. The van der Waals surface area contributed by atoms with Crippen molar-refractivity contribution in [1.82, 2.24) is 9.97 Å². The summed E-state index contributed by atoms with van der Waals surface area (Å²) in [5, 5.41) is 0.852. The fourth-order valence-corrected chi connectivity index (χ4v) is 1.16. The van der Waals surface area contributed by atoms with E-state index in [2.05, 4.69) is 9.97 Å². The Labute approximate surface area is 63.1 Å². The number of nitrogens with zero attached hydrogens (tertiary/aromatic N) is 1. The zero-order chi connectivity index (χ0) is 7.84. The Morgan fingerprint density at radius 3 is 3.09 bits per heavy atom. The first-order chi connectivity index (χ1) is 5.29. The molecule has 0 saturated carbocycles. The molecular weight excluding hydrogens is 143 g/mol. The smallest absolute Gasteiger partial charge is 0.165 e. The lowest BCUT2D eigenvalue weighted by Crippen LogP contribution is -1.85. The van der Waals surface area contributed by atoms with Gasteiger partial charge in [-0.1, -0.05) is 0 Å². The van der Waals surface area contributed by atoms with Crippen LogP contribution in [0.2, 0.25) is 0 Å². The van der Waals surface area contributed by atoms with Gasteiger partial charge in [-0.15, -0.1) is 0 Å². The van der Waals surface area contributed by atoms with Crippen molar-refractivity contribution in [2.24, 2.45) is 0 Å². The van der Waals surface area contributed by atoms with Crippen molar-refractivity contribution < 1.29 is 4.39 Å². The van der Waals surface area contributed by atoms with Crippen molar-refractivity contribution in [3.8, 4) is 0 Å². The van der Waals surface area contributed by atoms with Crippen LogP contribution in [0.25, 0.3) is 10.9 Å². The summed E-state index contributed by atoms with van der Waals surface area (Å²) in [6.07, 6.45) is 2.94. The van der Waals surface area contributed by atoms with Crippen molar-refractivity contribution in [2.45, 2.75) is 6.92 Å². The molecule has 0 aliphatic rings. The number of hydrogen-bond acceptors (Lipinski definition) is 1. The lowest BCUT2D eigenvalue weighted by Gasteiger charge is -1.94. The number of aryl methyl sites for hydroxylation is 1. The van der Waals surface area contributed by atoms with E-state index in [9.17, 15) is 4.39 Å². The van der Waals surface area contributed by atoms with Gasteiger partial charge in [-0.2, -0.15) is 0 Å². The Morgan fingerprint density at radius 2 is 2.36 bits per heavy atom. The van der Waals surface area contributed by atoms with Gasteiger partial charge in [0.25, 0.3) is 0 Å². The van der Waals surface area contributed by atoms with Crippen molar-refractivity contribution in [2.75, 3.05) is 0 Å². The fourth-order valence-electron chi connectivity index (χ4n) is 1.16. The van der Waals surface area contributed by atoms with Gasteiger partial charge >= 0.3 is 0 Å². The van der Waals surface area contributed by atoms with Gasteiger partial charge in [0.15, 0.2) is 5.82 Å². The van der Waals surface area contributed by atoms with Crippen LogP contribution in [0, 0.1) is 12.7 Å². The summed E-state index contributed by atoms with van der Waals surface area (Å²) >= 11 is 0. The second kappa shape index (κ2) is 2.05. The maximum Gasteiger partial charge on any atom is 0.165 e. The van der Waals surface area contributed by atoms with Crippen molar-refractivity contribution >= 4 is 10.9 Å². The number of halogens is 1. The standard InChI is InChI=1S/C8H7FN2/c1-5-6-2-3-10-8(6)7(9)4-11-5/h2-4,10H,1H3. The van der Waals surface area contributed by atoms with E-state index in [1.165, 1.54) is 6.20 Å². The molecule has 1 N–H and O–H groups in total. The van der Waals surface area contributed by atoms with E-state index in [4.69, 9.17) is 0 Å². The normalized spacial score (nSPS) is 10.7. The summed E-state index contributed by atoms with van der Waals surface area (Å²) in [6, 6.07) is 1.82. The summed E-state index contributed by atoms with van der Waals surface area (Å²) in [7, 11) is 0. The molecule has 0 saturated heterocycles. The maximum atomic E-state index is 12.9. The van der Waals surface area contributed by atoms with Crippen LogP contribution in [0.3, 0.4) is 0 Å². The minimum Gasteiger partial charge on any atom is -0.359 e. The summed E-state index contributed by atoms with van der Waals surface area (Å²) in [5.74, 6) is -0.296. The van der Waals surface area contributed by atoms with Crippen LogP contribution in [-0.2, 0) is 0 Å². The molecule has 2 heterocycles. The quantitative estimate of drug-likeness (QED) is 0.611. The molecule has 2 aromatic rings. The Morgan fingerprint density at radius 1 is 1.55 bits per heavy atom. The van der Waals surface area contributed by atoms with Crippen LogP contribution >= 0.6 is 0 Å². The molecule has 2 nitrogen and oxygen atoms in total. The SMILES string of the molecule is Cc1ncc(F)c2[nH]ccc12. The van der Waals surface area contributed by atoms with Gasteiger partial charge in [0, 0.05) is 17.3 Å². The van der Waals surface area contributed by atoms with Gasteiger partial charge in [0.2, 0.25) is 0 Å². The fraction of sp³-hybridized carbons (Fsp3) is 0.125. The molecule has 2 rings (SSSR count). The van der Waals surface area contributed by atoms with E-state index in [1.54, 1.807) is 6.20 Å². The molecule has 0 unspecified atom stereocenters. The first kappa shape index (κ1) is 6.34. The first-order valence-corrected chi connectivity index (χ1v) is 3.37. The van der Waals surface area contributed by atoms with Crippen LogP contribution in [0.15, 0.2) is 18.5 Å². The molecule has 0 aliphatic carbocycles. The van der Waals surface area contributed by atoms with Crippen LogP contribution in [-0.4, -0.2) is 9.97 Å². The highest BCUT2D eigenvalue weighted by Gasteiger charge is 2.03. The molecule has 3 heteroatoms. The molecule has 0 aliphatic heterocycles. The van der Waals surface area contributed by atoms with Gasteiger partial charge < -0.3 is 4.98 Å². The third kappa shape index (κ3) is 0.808. The monoisotopic (exact) mass is 150 g/mol. The molecule has 0 fully saturated rings. The lowest BCUT2D eigenvalue weighted by atomic mass is 10.2. The summed E-state index contributed by atoms with van der Waals surface area (Å²) in [6.45, 7) is 1.86. The van der Waals surface area contributed by atoms with Crippen LogP contribution in [0.1, 0.15) is 5.69 Å². The predicted octanol–water partition coefficient (Wildman–Crippen LogP) is 2.01. The number of fused-ring (bicyclic) bond motifs is 1. The number of hydrogen-bond donors (Lipinski definition) is 1. The Bertz CT molecular complexity index is 356. The molecule has 0 atom stereocenters. The van der Waals surface area contributed by atoms with E-state index in [0.717, 1.165) is 11.1 Å². The first-order valence-electron chi connectivity index (χ1n) is 3.37. The third-order valence-electron chi connectivity index (χ3n) is 1.75. The molecule has 11 heavy (non-hydrogen) atoms. The van der Waals surface area contributed by atoms with Crippen molar-refractivity contribution in [3.05, 3.63) is 30.0 Å². The zero-order valence-electron chi connectivity index (χ0n) is 6.06. The average Bonchev–Trinajstić information content (AvgIpc) is 2.45. The second-order valence-electron chi connectivity index (χ2n) is 2.46.